The van der Waals surface area contributed by atoms with Crippen LogP contribution in [0.15, 0.2) is 4.99 Å². The molecule has 1 aliphatic rings. The van der Waals surface area contributed by atoms with E-state index < -0.39 is 0 Å². The summed E-state index contributed by atoms with van der Waals surface area (Å²) in [6.45, 7) is 9.80. The van der Waals surface area contributed by atoms with Gasteiger partial charge in [0.25, 0.3) is 0 Å². The van der Waals surface area contributed by atoms with Crippen molar-refractivity contribution in [2.24, 2.45) is 16.6 Å². The molecule has 0 unspecified atom stereocenters. The van der Waals surface area contributed by atoms with Crippen LogP contribution in [0.2, 0.25) is 0 Å². The first-order chi connectivity index (χ1) is 8.20. The number of rotatable bonds is 6. The molecule has 6 heteroatoms. The molecule has 0 bridgehead atoms. The lowest BCUT2D eigenvalue weighted by atomic mass is 10.2. The van der Waals surface area contributed by atoms with E-state index in [1.807, 2.05) is 0 Å². The lowest BCUT2D eigenvalue weighted by molar-refractivity contribution is 0.0673. The Balaban J connectivity index is 0.00000289. The Labute approximate surface area is 127 Å². The molecule has 1 heterocycles. The number of nitrogens with zero attached hydrogens (tertiary/aromatic N) is 2. The highest BCUT2D eigenvalue weighted by Crippen LogP contribution is 1.97. The summed E-state index contributed by atoms with van der Waals surface area (Å²) in [6.07, 6.45) is 0.928. The summed E-state index contributed by atoms with van der Waals surface area (Å²) in [5, 5.41) is 0. The fraction of sp³-hybridized carbons (Fsp3) is 0.917. The van der Waals surface area contributed by atoms with Crippen LogP contribution in [0.1, 0.15) is 20.3 Å². The van der Waals surface area contributed by atoms with Gasteiger partial charge < -0.3 is 20.1 Å². The first-order valence-corrected chi connectivity index (χ1v) is 6.40. The average molecular weight is 371 g/mol. The number of aliphatic imine (C=N–C) groups is 1. The first kappa shape index (κ1) is 17.9. The van der Waals surface area contributed by atoms with Crippen molar-refractivity contribution in [2.45, 2.75) is 20.3 Å². The van der Waals surface area contributed by atoms with E-state index in [-0.39, 0.29) is 24.0 Å². The minimum absolute atomic E-state index is 0. The Morgan fingerprint density at radius 3 is 2.67 bits per heavy atom. The SMILES string of the molecule is CC(C)COCCCN=C(N)N1CCOCC1.I. The molecule has 0 saturated carbocycles. The topological polar surface area (TPSA) is 60.1 Å². The van der Waals surface area contributed by atoms with E-state index in [9.17, 15) is 0 Å². The molecule has 0 spiro atoms. The van der Waals surface area contributed by atoms with Crippen LogP contribution in [0.5, 0.6) is 0 Å². The number of morpholine rings is 1. The van der Waals surface area contributed by atoms with Gasteiger partial charge in [0, 0.05) is 32.8 Å². The van der Waals surface area contributed by atoms with E-state index in [2.05, 4.69) is 23.7 Å². The molecular formula is C12H26IN3O2. The second-order valence-corrected chi connectivity index (χ2v) is 4.66. The van der Waals surface area contributed by atoms with Crippen molar-refractivity contribution in [3.63, 3.8) is 0 Å². The third-order valence-electron chi connectivity index (χ3n) is 2.51. The lowest BCUT2D eigenvalue weighted by Gasteiger charge is -2.27. The zero-order valence-corrected chi connectivity index (χ0v) is 13.8. The normalized spacial score (nSPS) is 16.8. The second-order valence-electron chi connectivity index (χ2n) is 4.66. The minimum atomic E-state index is 0. The van der Waals surface area contributed by atoms with Crippen LogP contribution in [0.4, 0.5) is 0 Å². The molecule has 5 nitrogen and oxygen atoms in total. The van der Waals surface area contributed by atoms with Crippen LogP contribution in [-0.2, 0) is 9.47 Å². The van der Waals surface area contributed by atoms with Gasteiger partial charge in [-0.3, -0.25) is 4.99 Å². The molecule has 0 aliphatic carbocycles. The monoisotopic (exact) mass is 371 g/mol. The Morgan fingerprint density at radius 2 is 2.06 bits per heavy atom. The van der Waals surface area contributed by atoms with Gasteiger partial charge >= 0.3 is 0 Å². The summed E-state index contributed by atoms with van der Waals surface area (Å²) in [6, 6.07) is 0. The van der Waals surface area contributed by atoms with Crippen molar-refractivity contribution in [2.75, 3.05) is 46.1 Å². The summed E-state index contributed by atoms with van der Waals surface area (Å²) in [5.74, 6) is 1.23. The summed E-state index contributed by atoms with van der Waals surface area (Å²) in [7, 11) is 0. The second kappa shape index (κ2) is 10.8. The zero-order valence-electron chi connectivity index (χ0n) is 11.4. The number of nitrogens with two attached hydrogens (primary N) is 1. The molecule has 0 radical (unpaired) electrons. The fourth-order valence-corrected chi connectivity index (χ4v) is 1.57. The van der Waals surface area contributed by atoms with Crippen LogP contribution in [0.3, 0.4) is 0 Å². The molecule has 0 aromatic carbocycles. The van der Waals surface area contributed by atoms with Gasteiger partial charge in [-0.05, 0) is 12.3 Å². The van der Waals surface area contributed by atoms with Crippen molar-refractivity contribution >= 4 is 29.9 Å². The summed E-state index contributed by atoms with van der Waals surface area (Å²) in [4.78, 5) is 6.42. The Hall–Kier alpha value is -0.0800. The van der Waals surface area contributed by atoms with E-state index in [1.54, 1.807) is 0 Å². The smallest absolute Gasteiger partial charge is 0.191 e. The molecule has 0 aromatic rings. The van der Waals surface area contributed by atoms with E-state index >= 15 is 0 Å². The van der Waals surface area contributed by atoms with Gasteiger partial charge in [0.1, 0.15) is 0 Å². The predicted molar refractivity (Wildman–Crippen MR) is 84.6 cm³/mol. The van der Waals surface area contributed by atoms with Gasteiger partial charge in [-0.1, -0.05) is 13.8 Å². The van der Waals surface area contributed by atoms with E-state index in [4.69, 9.17) is 15.2 Å². The minimum Gasteiger partial charge on any atom is -0.381 e. The third kappa shape index (κ3) is 8.10. The van der Waals surface area contributed by atoms with Gasteiger partial charge in [0.05, 0.1) is 13.2 Å². The average Bonchev–Trinajstić information content (AvgIpc) is 2.34. The van der Waals surface area contributed by atoms with Gasteiger partial charge in [-0.15, -0.1) is 24.0 Å². The summed E-state index contributed by atoms with van der Waals surface area (Å²) >= 11 is 0. The van der Waals surface area contributed by atoms with Gasteiger partial charge in [-0.25, -0.2) is 0 Å². The van der Waals surface area contributed by atoms with Crippen LogP contribution in [0.25, 0.3) is 0 Å². The van der Waals surface area contributed by atoms with Gasteiger partial charge in [-0.2, -0.15) is 0 Å². The molecule has 1 rings (SSSR count). The molecule has 18 heavy (non-hydrogen) atoms. The van der Waals surface area contributed by atoms with Gasteiger partial charge in [0.15, 0.2) is 5.96 Å². The molecule has 0 amide bonds. The maximum absolute atomic E-state index is 5.89. The van der Waals surface area contributed by atoms with Gasteiger partial charge in [0.2, 0.25) is 0 Å². The van der Waals surface area contributed by atoms with Crippen LogP contribution in [0, 0.1) is 5.92 Å². The van der Waals surface area contributed by atoms with E-state index in [0.717, 1.165) is 52.5 Å². The molecule has 0 aromatic heterocycles. The van der Waals surface area contributed by atoms with Crippen molar-refractivity contribution in [3.8, 4) is 0 Å². The fourth-order valence-electron chi connectivity index (χ4n) is 1.57. The third-order valence-corrected chi connectivity index (χ3v) is 2.51. The number of hydrogen-bond acceptors (Lipinski definition) is 3. The van der Waals surface area contributed by atoms with Crippen molar-refractivity contribution in [1.29, 1.82) is 0 Å². The molecular weight excluding hydrogens is 345 g/mol. The lowest BCUT2D eigenvalue weighted by Crippen LogP contribution is -2.44. The zero-order chi connectivity index (χ0) is 12.5. The molecule has 1 fully saturated rings. The van der Waals surface area contributed by atoms with Crippen molar-refractivity contribution in [3.05, 3.63) is 0 Å². The number of halogens is 1. The largest absolute Gasteiger partial charge is 0.381 e. The number of ether oxygens (including phenoxy) is 2. The molecule has 1 saturated heterocycles. The summed E-state index contributed by atoms with van der Waals surface area (Å²) < 4.78 is 10.7. The van der Waals surface area contributed by atoms with E-state index in [0.29, 0.717) is 11.9 Å². The quantitative estimate of drug-likeness (QED) is 0.331. The highest BCUT2D eigenvalue weighted by Gasteiger charge is 2.11. The molecule has 0 atom stereocenters. The van der Waals surface area contributed by atoms with Crippen molar-refractivity contribution < 1.29 is 9.47 Å². The highest BCUT2D eigenvalue weighted by molar-refractivity contribution is 14.0. The summed E-state index contributed by atoms with van der Waals surface area (Å²) in [5.41, 5.74) is 5.89. The van der Waals surface area contributed by atoms with Crippen molar-refractivity contribution in [1.82, 2.24) is 4.90 Å². The Kier molecular flexibility index (Phi) is 10.8. The molecule has 1 aliphatic heterocycles. The molecule has 108 valence electrons. The van der Waals surface area contributed by atoms with Crippen LogP contribution in [-0.4, -0.2) is 56.9 Å². The number of hydrogen-bond donors (Lipinski definition) is 1. The van der Waals surface area contributed by atoms with Crippen LogP contribution >= 0.6 is 24.0 Å². The maximum atomic E-state index is 5.89. The Bertz CT molecular complexity index is 231. The molecule has 2 N–H and O–H groups in total. The highest BCUT2D eigenvalue weighted by atomic mass is 127. The first-order valence-electron chi connectivity index (χ1n) is 6.40. The maximum Gasteiger partial charge on any atom is 0.191 e. The predicted octanol–water partition coefficient (Wildman–Crippen LogP) is 1.31. The van der Waals surface area contributed by atoms with E-state index in [1.165, 1.54) is 0 Å². The van der Waals surface area contributed by atoms with Crippen LogP contribution < -0.4 is 5.73 Å². The number of guanidine groups is 1. The Morgan fingerprint density at radius 1 is 1.39 bits per heavy atom. The standard InChI is InChI=1S/C12H25N3O2.HI/c1-11(2)10-17-7-3-4-14-12(13)15-5-8-16-9-6-15;/h11H,3-10H2,1-2H3,(H2,13,14);1H.